The van der Waals surface area contributed by atoms with Gasteiger partial charge in [0.05, 0.1) is 11.5 Å². The van der Waals surface area contributed by atoms with Crippen molar-refractivity contribution in [1.29, 1.82) is 0 Å². The highest BCUT2D eigenvalue weighted by atomic mass is 16.8. The number of fused-ring (bicyclic) bond motifs is 11. The summed E-state index contributed by atoms with van der Waals surface area (Å²) >= 11 is 0. The lowest BCUT2D eigenvalue weighted by molar-refractivity contribution is -0.469. The van der Waals surface area contributed by atoms with E-state index in [2.05, 4.69) is 0 Å². The maximum atomic E-state index is 12.1. The number of rotatable bonds is 1. The van der Waals surface area contributed by atoms with E-state index in [-0.39, 0.29) is 18.8 Å². The van der Waals surface area contributed by atoms with Gasteiger partial charge >= 0.3 is 0 Å². The Bertz CT molecular complexity index is 850. The van der Waals surface area contributed by atoms with Crippen molar-refractivity contribution in [3.05, 3.63) is 0 Å². The molecule has 2 aliphatic heterocycles. The second-order valence-corrected chi connectivity index (χ2v) is 11.1. The third-order valence-electron chi connectivity index (χ3n) is 10.6. The minimum Gasteiger partial charge on any atom is -0.386 e. The van der Waals surface area contributed by atoms with E-state index in [1.165, 1.54) is 6.92 Å². The van der Waals surface area contributed by atoms with Gasteiger partial charge in [-0.1, -0.05) is 27.7 Å². The van der Waals surface area contributed by atoms with Gasteiger partial charge in [0.1, 0.15) is 11.2 Å². The summed E-state index contributed by atoms with van der Waals surface area (Å²) in [5.74, 6) is -6.78. The second kappa shape index (κ2) is 3.84. The fourth-order valence-corrected chi connectivity index (χ4v) is 9.34. The van der Waals surface area contributed by atoms with E-state index in [9.17, 15) is 30.6 Å². The Kier molecular flexibility index (Phi) is 2.53. The van der Waals surface area contributed by atoms with Crippen LogP contribution in [0.2, 0.25) is 0 Å². The van der Waals surface area contributed by atoms with Gasteiger partial charge in [-0.15, -0.1) is 0 Å². The zero-order chi connectivity index (χ0) is 20.8. The quantitative estimate of drug-likeness (QED) is 0.309. The lowest BCUT2D eigenvalue weighted by Gasteiger charge is -2.72. The average molecular weight is 398 g/mol. The van der Waals surface area contributed by atoms with Gasteiger partial charge < -0.3 is 40.1 Å². The molecule has 5 aliphatic rings. The topological polar surface area (TPSA) is 140 Å². The van der Waals surface area contributed by atoms with Gasteiger partial charge in [-0.3, -0.25) is 0 Å². The molecule has 158 valence electrons. The Morgan fingerprint density at radius 3 is 2.11 bits per heavy atom. The Morgan fingerprint density at radius 2 is 1.54 bits per heavy atom. The number of hydrogen-bond acceptors (Lipinski definition) is 8. The molecule has 0 bridgehead atoms. The van der Waals surface area contributed by atoms with Crippen molar-refractivity contribution >= 4 is 0 Å². The SMILES string of the molecule is CC(C)[C@]12C[C@@]3(O)[C@]4(C)C1C1(O)O[C@](O)([C@]5(O)[C@H](C)CC[C@]45O)[C@@]3(O)[C@]1(C)O2. The zero-order valence-electron chi connectivity index (χ0n) is 16.9. The summed E-state index contributed by atoms with van der Waals surface area (Å²) in [5.41, 5.74) is -13.4. The zero-order valence-corrected chi connectivity index (χ0v) is 16.9. The van der Waals surface area contributed by atoms with E-state index in [1.807, 2.05) is 13.8 Å². The fraction of sp³-hybridized carbons (Fsp3) is 1.00. The summed E-state index contributed by atoms with van der Waals surface area (Å²) in [7, 11) is 0. The molecular formula is C20H30O8. The molecule has 5 rings (SSSR count). The van der Waals surface area contributed by atoms with Crippen LogP contribution < -0.4 is 0 Å². The lowest BCUT2D eigenvalue weighted by atomic mass is 9.37. The Morgan fingerprint density at radius 1 is 0.929 bits per heavy atom. The summed E-state index contributed by atoms with van der Waals surface area (Å²) in [4.78, 5) is 0. The van der Waals surface area contributed by atoms with Gasteiger partial charge in [0.25, 0.3) is 0 Å². The lowest BCUT2D eigenvalue weighted by Crippen LogP contribution is -2.95. The number of aliphatic hydroxyl groups is 6. The molecule has 28 heavy (non-hydrogen) atoms. The standard InChI is InChI=1S/C20H30O8/c1-9(2)14-8-16(22)12(4)11(14)18(24)13(5,27-14)19(16,25)20(26,28-18)17(23)10(3)6-7-15(12,17)21/h9-11,21-26H,6-8H2,1-5H3/t10-,11?,12-,13-,14-,15+,16-,17+,18?,19-,20-/m1/s1. The minimum atomic E-state index is -2.80. The van der Waals surface area contributed by atoms with Gasteiger partial charge in [-0.2, -0.15) is 0 Å². The number of ether oxygens (including phenoxy) is 2. The molecule has 0 spiro atoms. The van der Waals surface area contributed by atoms with E-state index >= 15 is 0 Å². The highest BCUT2D eigenvalue weighted by molar-refractivity contribution is 5.54. The molecule has 0 radical (unpaired) electrons. The van der Waals surface area contributed by atoms with Crippen LogP contribution >= 0.6 is 0 Å². The minimum absolute atomic E-state index is 0.0777. The van der Waals surface area contributed by atoms with Crippen LogP contribution in [-0.2, 0) is 9.47 Å². The number of hydrogen-bond donors (Lipinski definition) is 6. The van der Waals surface area contributed by atoms with Crippen LogP contribution in [0.3, 0.4) is 0 Å². The predicted molar refractivity (Wildman–Crippen MR) is 92.5 cm³/mol. The van der Waals surface area contributed by atoms with Crippen LogP contribution in [0.25, 0.3) is 0 Å². The molecule has 6 N–H and O–H groups in total. The largest absolute Gasteiger partial charge is 0.386 e. The van der Waals surface area contributed by atoms with Crippen LogP contribution in [0, 0.1) is 23.2 Å². The van der Waals surface area contributed by atoms with Gasteiger partial charge in [-0.25, -0.2) is 0 Å². The first kappa shape index (κ1) is 18.4. The smallest absolute Gasteiger partial charge is 0.236 e. The highest BCUT2D eigenvalue weighted by Gasteiger charge is 3.10. The molecule has 0 aromatic carbocycles. The average Bonchev–Trinajstić information content (AvgIpc) is 3.05. The van der Waals surface area contributed by atoms with Gasteiger partial charge in [0.2, 0.25) is 11.6 Å². The van der Waals surface area contributed by atoms with Crippen molar-refractivity contribution in [2.24, 2.45) is 23.2 Å². The van der Waals surface area contributed by atoms with E-state index in [4.69, 9.17) is 9.47 Å². The first-order chi connectivity index (χ1) is 12.6. The summed E-state index contributed by atoms with van der Waals surface area (Å²) in [6, 6.07) is 0. The molecule has 2 heterocycles. The Hall–Kier alpha value is -0.320. The molecule has 3 saturated carbocycles. The molecule has 2 unspecified atom stereocenters. The molecule has 5 fully saturated rings. The molecule has 0 aromatic heterocycles. The first-order valence-electron chi connectivity index (χ1n) is 10.3. The maximum Gasteiger partial charge on any atom is 0.236 e. The van der Waals surface area contributed by atoms with Crippen molar-refractivity contribution in [1.82, 2.24) is 0 Å². The summed E-state index contributed by atoms with van der Waals surface area (Å²) in [5, 5.41) is 71.8. The van der Waals surface area contributed by atoms with Crippen LogP contribution in [0.5, 0.6) is 0 Å². The van der Waals surface area contributed by atoms with Crippen molar-refractivity contribution < 1.29 is 40.1 Å². The van der Waals surface area contributed by atoms with Crippen LogP contribution in [0.1, 0.15) is 53.9 Å². The monoisotopic (exact) mass is 398 g/mol. The second-order valence-electron chi connectivity index (χ2n) is 11.1. The third kappa shape index (κ3) is 0.990. The highest BCUT2D eigenvalue weighted by Crippen LogP contribution is 2.91. The van der Waals surface area contributed by atoms with Crippen LogP contribution in [0.4, 0.5) is 0 Å². The Labute approximate surface area is 163 Å². The molecule has 8 nitrogen and oxygen atoms in total. The molecule has 2 saturated heterocycles. The molecule has 8 heteroatoms. The molecule has 3 aliphatic carbocycles. The summed E-state index contributed by atoms with van der Waals surface area (Å²) in [6.07, 6.45) is 0.395. The first-order valence-corrected chi connectivity index (χ1v) is 10.3. The van der Waals surface area contributed by atoms with Crippen molar-refractivity contribution in [3.8, 4) is 0 Å². The third-order valence-corrected chi connectivity index (χ3v) is 10.6. The van der Waals surface area contributed by atoms with Crippen molar-refractivity contribution in [2.75, 3.05) is 0 Å². The van der Waals surface area contributed by atoms with Gasteiger partial charge in [-0.05, 0) is 31.6 Å². The van der Waals surface area contributed by atoms with Crippen LogP contribution in [-0.4, -0.2) is 75.8 Å². The van der Waals surface area contributed by atoms with Crippen molar-refractivity contribution in [3.63, 3.8) is 0 Å². The van der Waals surface area contributed by atoms with Crippen LogP contribution in [0.15, 0.2) is 0 Å². The fourth-order valence-electron chi connectivity index (χ4n) is 9.34. The van der Waals surface area contributed by atoms with Gasteiger partial charge in [0, 0.05) is 11.8 Å². The molecule has 11 atom stereocenters. The Balaban J connectivity index is 1.83. The normalized spacial score (nSPS) is 75.9. The molecule has 0 amide bonds. The summed E-state index contributed by atoms with van der Waals surface area (Å²) < 4.78 is 12.2. The van der Waals surface area contributed by atoms with Crippen molar-refractivity contribution in [2.45, 2.75) is 99.1 Å². The van der Waals surface area contributed by atoms with E-state index < -0.39 is 62.4 Å². The van der Waals surface area contributed by atoms with E-state index in [0.29, 0.717) is 6.42 Å². The van der Waals surface area contributed by atoms with Gasteiger partial charge in [0.15, 0.2) is 16.8 Å². The molecule has 0 aromatic rings. The summed E-state index contributed by atoms with van der Waals surface area (Å²) in [6.45, 7) is 8.50. The van der Waals surface area contributed by atoms with E-state index in [0.717, 1.165) is 0 Å². The predicted octanol–water partition coefficient (Wildman–Crippen LogP) is -1.01. The maximum absolute atomic E-state index is 12.1. The molecular weight excluding hydrogens is 368 g/mol. The van der Waals surface area contributed by atoms with E-state index in [1.54, 1.807) is 13.8 Å².